The summed E-state index contributed by atoms with van der Waals surface area (Å²) in [5.74, 6) is 1.65. The van der Waals surface area contributed by atoms with Crippen molar-refractivity contribution in [2.75, 3.05) is 7.11 Å². The fourth-order valence-corrected chi connectivity index (χ4v) is 3.08. The summed E-state index contributed by atoms with van der Waals surface area (Å²) < 4.78 is 5.55. The van der Waals surface area contributed by atoms with Crippen LogP contribution in [0, 0.1) is 11.8 Å². The number of hydrogen-bond donors (Lipinski definition) is 1. The van der Waals surface area contributed by atoms with Gasteiger partial charge >= 0.3 is 0 Å². The maximum Gasteiger partial charge on any atom is 0.0750 e. The van der Waals surface area contributed by atoms with Gasteiger partial charge in [0.1, 0.15) is 0 Å². The Morgan fingerprint density at radius 3 is 2.33 bits per heavy atom. The molecule has 0 aliphatic heterocycles. The molecule has 0 radical (unpaired) electrons. The van der Waals surface area contributed by atoms with Crippen molar-refractivity contribution in [2.24, 2.45) is 17.6 Å². The Labute approximate surface area is 93.6 Å². The van der Waals surface area contributed by atoms with Crippen molar-refractivity contribution >= 4 is 0 Å². The first-order valence-electron chi connectivity index (χ1n) is 6.59. The van der Waals surface area contributed by atoms with E-state index in [1.807, 2.05) is 7.11 Å². The Bertz CT molecular complexity index is 185. The van der Waals surface area contributed by atoms with Crippen LogP contribution >= 0.6 is 0 Å². The summed E-state index contributed by atoms with van der Waals surface area (Å²) in [4.78, 5) is 0. The van der Waals surface area contributed by atoms with Crippen LogP contribution < -0.4 is 5.73 Å². The van der Waals surface area contributed by atoms with Crippen LogP contribution in [0.4, 0.5) is 0 Å². The van der Waals surface area contributed by atoms with Crippen LogP contribution in [0.5, 0.6) is 0 Å². The highest BCUT2D eigenvalue weighted by molar-refractivity contribution is 4.89. The van der Waals surface area contributed by atoms with Gasteiger partial charge in [-0.05, 0) is 31.1 Å². The molecule has 0 spiro atoms. The normalized spacial score (nSPS) is 27.6. The molecular formula is C13H25NO. The van der Waals surface area contributed by atoms with Gasteiger partial charge < -0.3 is 10.5 Å². The predicted molar refractivity (Wildman–Crippen MR) is 62.7 cm³/mol. The minimum Gasteiger partial charge on any atom is -0.380 e. The molecule has 2 N–H and O–H groups in total. The zero-order chi connectivity index (χ0) is 10.7. The summed E-state index contributed by atoms with van der Waals surface area (Å²) >= 11 is 0. The van der Waals surface area contributed by atoms with E-state index in [9.17, 15) is 0 Å². The largest absolute Gasteiger partial charge is 0.380 e. The Balaban J connectivity index is 1.75. The van der Waals surface area contributed by atoms with Gasteiger partial charge in [-0.1, -0.05) is 32.1 Å². The highest BCUT2D eigenvalue weighted by Gasteiger charge is 2.36. The van der Waals surface area contributed by atoms with E-state index in [0.29, 0.717) is 6.10 Å². The third kappa shape index (κ3) is 3.18. The first-order chi connectivity index (χ1) is 7.31. The van der Waals surface area contributed by atoms with Crippen molar-refractivity contribution in [3.63, 3.8) is 0 Å². The quantitative estimate of drug-likeness (QED) is 0.759. The number of nitrogens with two attached hydrogens (primary N) is 1. The molecule has 2 nitrogen and oxygen atoms in total. The average molecular weight is 211 g/mol. The topological polar surface area (TPSA) is 35.2 Å². The summed E-state index contributed by atoms with van der Waals surface area (Å²) in [7, 11) is 1.82. The number of rotatable bonds is 5. The van der Waals surface area contributed by atoms with E-state index < -0.39 is 0 Å². The van der Waals surface area contributed by atoms with E-state index in [1.54, 1.807) is 0 Å². The monoisotopic (exact) mass is 211 g/mol. The Morgan fingerprint density at radius 1 is 1.13 bits per heavy atom. The molecule has 2 heteroatoms. The highest BCUT2D eigenvalue weighted by atomic mass is 16.5. The van der Waals surface area contributed by atoms with E-state index in [1.165, 1.54) is 51.4 Å². The summed E-state index contributed by atoms with van der Waals surface area (Å²) in [5.41, 5.74) is 6.28. The third-order valence-corrected chi connectivity index (χ3v) is 4.11. The van der Waals surface area contributed by atoms with Crippen molar-refractivity contribution in [3.8, 4) is 0 Å². The van der Waals surface area contributed by atoms with E-state index >= 15 is 0 Å². The second kappa shape index (κ2) is 5.31. The molecule has 0 aromatic heterocycles. The van der Waals surface area contributed by atoms with Gasteiger partial charge in [0.25, 0.3) is 0 Å². The molecule has 2 aliphatic rings. The summed E-state index contributed by atoms with van der Waals surface area (Å²) in [6, 6.07) is 0.283. The smallest absolute Gasteiger partial charge is 0.0750 e. The number of methoxy groups -OCH3 is 1. The van der Waals surface area contributed by atoms with Crippen molar-refractivity contribution < 1.29 is 4.74 Å². The van der Waals surface area contributed by atoms with Crippen molar-refractivity contribution in [3.05, 3.63) is 0 Å². The molecule has 2 rings (SSSR count). The van der Waals surface area contributed by atoms with E-state index in [2.05, 4.69) is 0 Å². The summed E-state index contributed by atoms with van der Waals surface area (Å²) in [5, 5.41) is 0. The second-order valence-corrected chi connectivity index (χ2v) is 5.44. The van der Waals surface area contributed by atoms with Crippen LogP contribution in [0.1, 0.15) is 51.4 Å². The lowest BCUT2D eigenvalue weighted by atomic mass is 9.83. The maximum atomic E-state index is 6.28. The third-order valence-electron chi connectivity index (χ3n) is 4.11. The van der Waals surface area contributed by atoms with Gasteiger partial charge in [0, 0.05) is 13.2 Å². The molecule has 0 heterocycles. The van der Waals surface area contributed by atoms with Crippen LogP contribution in [0.2, 0.25) is 0 Å². The summed E-state index contributed by atoms with van der Waals surface area (Å²) in [6.07, 6.45) is 11.2. The molecule has 2 atom stereocenters. The molecule has 88 valence electrons. The minimum atomic E-state index is 0.283. The fourth-order valence-electron chi connectivity index (χ4n) is 3.08. The van der Waals surface area contributed by atoms with Crippen LogP contribution in [0.15, 0.2) is 0 Å². The van der Waals surface area contributed by atoms with Crippen LogP contribution in [-0.2, 0) is 4.74 Å². The molecule has 2 unspecified atom stereocenters. The minimum absolute atomic E-state index is 0.283. The van der Waals surface area contributed by atoms with Crippen molar-refractivity contribution in [1.29, 1.82) is 0 Å². The number of ether oxygens (including phenoxy) is 1. The predicted octanol–water partition coefficient (Wildman–Crippen LogP) is 2.71. The van der Waals surface area contributed by atoms with Gasteiger partial charge in [0.05, 0.1) is 6.10 Å². The molecule has 0 aromatic carbocycles. The zero-order valence-corrected chi connectivity index (χ0v) is 9.95. The fraction of sp³-hybridized carbons (Fsp3) is 1.00. The van der Waals surface area contributed by atoms with E-state index in [4.69, 9.17) is 10.5 Å². The van der Waals surface area contributed by atoms with Gasteiger partial charge in [-0.3, -0.25) is 0 Å². The van der Waals surface area contributed by atoms with Gasteiger partial charge in [-0.2, -0.15) is 0 Å². The SMILES string of the molecule is COC(C(N)CC1CCCCC1)C1CC1. The molecule has 0 aromatic rings. The second-order valence-electron chi connectivity index (χ2n) is 5.44. The van der Waals surface area contributed by atoms with Gasteiger partial charge in [0.2, 0.25) is 0 Å². The lowest BCUT2D eigenvalue weighted by Gasteiger charge is -2.28. The van der Waals surface area contributed by atoms with Gasteiger partial charge in [0.15, 0.2) is 0 Å². The Morgan fingerprint density at radius 2 is 1.80 bits per heavy atom. The molecule has 0 bridgehead atoms. The molecule has 0 saturated heterocycles. The zero-order valence-electron chi connectivity index (χ0n) is 9.95. The molecule has 2 saturated carbocycles. The first-order valence-corrected chi connectivity index (χ1v) is 6.59. The van der Waals surface area contributed by atoms with Crippen LogP contribution in [-0.4, -0.2) is 19.3 Å². The Kier molecular flexibility index (Phi) is 4.04. The lowest BCUT2D eigenvalue weighted by molar-refractivity contribution is 0.0532. The van der Waals surface area contributed by atoms with Crippen molar-refractivity contribution in [1.82, 2.24) is 0 Å². The van der Waals surface area contributed by atoms with E-state index in [-0.39, 0.29) is 6.04 Å². The molecular weight excluding hydrogens is 186 g/mol. The molecule has 15 heavy (non-hydrogen) atoms. The van der Waals surface area contributed by atoms with Gasteiger partial charge in [-0.25, -0.2) is 0 Å². The van der Waals surface area contributed by atoms with E-state index in [0.717, 1.165) is 11.8 Å². The molecule has 2 fully saturated rings. The van der Waals surface area contributed by atoms with Crippen LogP contribution in [0.25, 0.3) is 0 Å². The highest BCUT2D eigenvalue weighted by Crippen LogP contribution is 2.37. The maximum absolute atomic E-state index is 6.28. The number of hydrogen-bond acceptors (Lipinski definition) is 2. The van der Waals surface area contributed by atoms with Crippen molar-refractivity contribution in [2.45, 2.75) is 63.5 Å². The lowest BCUT2D eigenvalue weighted by Crippen LogP contribution is -2.39. The summed E-state index contributed by atoms with van der Waals surface area (Å²) in [6.45, 7) is 0. The molecule has 0 amide bonds. The molecule has 2 aliphatic carbocycles. The standard InChI is InChI=1S/C13H25NO/c1-15-13(11-7-8-11)12(14)9-10-5-3-2-4-6-10/h10-13H,2-9,14H2,1H3. The Hall–Kier alpha value is -0.0800. The average Bonchev–Trinajstić information content (AvgIpc) is 3.04. The first kappa shape index (κ1) is 11.4. The van der Waals surface area contributed by atoms with Gasteiger partial charge in [-0.15, -0.1) is 0 Å². The van der Waals surface area contributed by atoms with Crippen LogP contribution in [0.3, 0.4) is 0 Å².